The van der Waals surface area contributed by atoms with Gasteiger partial charge in [0.05, 0.1) is 27.9 Å². The third-order valence-electron chi connectivity index (χ3n) is 10.5. The van der Waals surface area contributed by atoms with Crippen molar-refractivity contribution in [1.29, 1.82) is 0 Å². The first-order valence-electron chi connectivity index (χ1n) is 17.4. The molecule has 0 fully saturated rings. The zero-order chi connectivity index (χ0) is 33.5. The highest BCUT2D eigenvalue weighted by Crippen LogP contribution is 2.44. The van der Waals surface area contributed by atoms with Gasteiger partial charge in [-0.15, -0.1) is 0 Å². The van der Waals surface area contributed by atoms with Crippen molar-refractivity contribution in [2.75, 3.05) is 0 Å². The Balaban J connectivity index is 1.13. The second-order valence-electron chi connectivity index (χ2n) is 13.3. The van der Waals surface area contributed by atoms with Gasteiger partial charge < -0.3 is 0 Å². The van der Waals surface area contributed by atoms with E-state index in [0.717, 1.165) is 50.1 Å². The van der Waals surface area contributed by atoms with Crippen molar-refractivity contribution < 1.29 is 0 Å². The van der Waals surface area contributed by atoms with Gasteiger partial charge in [-0.25, -0.2) is 9.97 Å². The van der Waals surface area contributed by atoms with E-state index >= 15 is 0 Å². The fourth-order valence-electron chi connectivity index (χ4n) is 8.26. The van der Waals surface area contributed by atoms with Gasteiger partial charge in [0.25, 0.3) is 0 Å². The lowest BCUT2D eigenvalue weighted by molar-refractivity contribution is 1.31. The Morgan fingerprint density at radius 2 is 0.941 bits per heavy atom. The first kappa shape index (κ1) is 28.0. The Morgan fingerprint density at radius 1 is 0.333 bits per heavy atom. The molecular formula is C48H29N3. The maximum atomic E-state index is 5.42. The van der Waals surface area contributed by atoms with Crippen LogP contribution in [-0.2, 0) is 0 Å². The molecule has 0 saturated carbocycles. The topological polar surface area (TPSA) is 30.2 Å². The molecule has 0 spiro atoms. The van der Waals surface area contributed by atoms with Crippen LogP contribution in [0.1, 0.15) is 0 Å². The molecule has 51 heavy (non-hydrogen) atoms. The Bertz CT molecular complexity index is 3150. The van der Waals surface area contributed by atoms with Crippen molar-refractivity contribution in [3.8, 4) is 33.6 Å². The van der Waals surface area contributed by atoms with Crippen LogP contribution in [0, 0.1) is 0 Å². The molecule has 0 radical (unpaired) electrons. The van der Waals surface area contributed by atoms with E-state index in [-0.39, 0.29) is 0 Å². The van der Waals surface area contributed by atoms with Crippen LogP contribution in [0.3, 0.4) is 0 Å². The molecule has 11 aromatic rings. The van der Waals surface area contributed by atoms with Crippen molar-refractivity contribution in [2.24, 2.45) is 0 Å². The van der Waals surface area contributed by atoms with E-state index in [2.05, 4.69) is 180 Å². The van der Waals surface area contributed by atoms with Gasteiger partial charge in [-0.3, -0.25) is 4.40 Å². The van der Waals surface area contributed by atoms with Crippen molar-refractivity contribution >= 4 is 70.7 Å². The van der Waals surface area contributed by atoms with Crippen molar-refractivity contribution in [2.45, 2.75) is 0 Å². The second-order valence-corrected chi connectivity index (χ2v) is 13.3. The van der Waals surface area contributed by atoms with Crippen LogP contribution in [0.2, 0.25) is 0 Å². The van der Waals surface area contributed by atoms with Gasteiger partial charge in [0, 0.05) is 21.9 Å². The van der Waals surface area contributed by atoms with Crippen LogP contribution >= 0.6 is 0 Å². The van der Waals surface area contributed by atoms with Crippen LogP contribution in [0.4, 0.5) is 0 Å². The molecule has 0 aliphatic carbocycles. The second kappa shape index (κ2) is 10.8. The Labute approximate surface area is 293 Å². The fraction of sp³-hybridized carbons (Fsp3) is 0. The van der Waals surface area contributed by atoms with Gasteiger partial charge in [-0.1, -0.05) is 127 Å². The van der Waals surface area contributed by atoms with Gasteiger partial charge in [0.15, 0.2) is 0 Å². The predicted octanol–water partition coefficient (Wildman–Crippen LogP) is 12.6. The van der Waals surface area contributed by atoms with E-state index in [1.54, 1.807) is 0 Å². The number of pyridine rings is 2. The highest BCUT2D eigenvalue weighted by atomic mass is 15.0. The summed E-state index contributed by atoms with van der Waals surface area (Å²) in [5.41, 5.74) is 10.9. The van der Waals surface area contributed by atoms with Gasteiger partial charge in [0.1, 0.15) is 5.65 Å². The monoisotopic (exact) mass is 647 g/mol. The van der Waals surface area contributed by atoms with Gasteiger partial charge in [0.2, 0.25) is 0 Å². The van der Waals surface area contributed by atoms with Crippen LogP contribution in [0.15, 0.2) is 176 Å². The summed E-state index contributed by atoms with van der Waals surface area (Å²) in [4.78, 5) is 10.5. The standard InChI is InChI=1S/C48H29N3/c1-2-13-31-28-33(25-24-30(31)12-1)46-35-15-3-5-17-37(35)47(38-18-6-4-16-36(38)46)43-21-11-20-41(49-43)32-26-27-39-40(29-32)34-14-7-9-22-44(34)51-45-23-10-8-19-42(45)50-48(39)51/h1-29H. The van der Waals surface area contributed by atoms with E-state index in [4.69, 9.17) is 9.97 Å². The number of hydrogen-bond donors (Lipinski definition) is 0. The molecule has 8 aromatic carbocycles. The third-order valence-corrected chi connectivity index (χ3v) is 10.5. The smallest absolute Gasteiger partial charge is 0.146 e. The van der Waals surface area contributed by atoms with E-state index in [1.165, 1.54) is 54.2 Å². The molecule has 0 N–H and O–H groups in total. The van der Waals surface area contributed by atoms with Gasteiger partial charge in [-0.2, -0.15) is 0 Å². The molecule has 3 heteroatoms. The molecule has 0 saturated heterocycles. The minimum atomic E-state index is 0.943. The molecular weight excluding hydrogens is 619 g/mol. The summed E-state index contributed by atoms with van der Waals surface area (Å²) in [6.07, 6.45) is 0. The normalized spacial score (nSPS) is 11.9. The Hall–Kier alpha value is -6.84. The van der Waals surface area contributed by atoms with Crippen molar-refractivity contribution in [1.82, 2.24) is 14.4 Å². The van der Waals surface area contributed by atoms with Gasteiger partial charge in [-0.05, 0) is 97.4 Å². The van der Waals surface area contributed by atoms with Crippen LogP contribution in [0.5, 0.6) is 0 Å². The quantitative estimate of drug-likeness (QED) is 0.141. The summed E-state index contributed by atoms with van der Waals surface area (Å²) in [7, 11) is 0. The highest BCUT2D eigenvalue weighted by molar-refractivity contribution is 6.21. The summed E-state index contributed by atoms with van der Waals surface area (Å²) >= 11 is 0. The van der Waals surface area contributed by atoms with Gasteiger partial charge >= 0.3 is 0 Å². The fourth-order valence-corrected chi connectivity index (χ4v) is 8.26. The first-order valence-corrected chi connectivity index (χ1v) is 17.4. The van der Waals surface area contributed by atoms with Crippen molar-refractivity contribution in [3.05, 3.63) is 176 Å². The molecule has 0 atom stereocenters. The molecule has 3 aromatic heterocycles. The summed E-state index contributed by atoms with van der Waals surface area (Å²) in [5, 5.41) is 10.8. The minimum Gasteiger partial charge on any atom is -0.292 e. The number of nitrogens with zero attached hydrogens (tertiary/aromatic N) is 3. The Morgan fingerprint density at radius 3 is 1.73 bits per heavy atom. The largest absolute Gasteiger partial charge is 0.292 e. The lowest BCUT2D eigenvalue weighted by Gasteiger charge is -2.18. The number of fused-ring (bicyclic) bond motifs is 11. The Kier molecular flexibility index (Phi) is 5.96. The zero-order valence-corrected chi connectivity index (χ0v) is 27.6. The summed E-state index contributed by atoms with van der Waals surface area (Å²) in [5.74, 6) is 0. The zero-order valence-electron chi connectivity index (χ0n) is 27.6. The number of aromatic nitrogens is 3. The number of rotatable bonds is 3. The third kappa shape index (κ3) is 4.19. The summed E-state index contributed by atoms with van der Waals surface area (Å²) in [6.45, 7) is 0. The molecule has 0 amide bonds. The molecule has 236 valence electrons. The molecule has 11 rings (SSSR count). The molecule has 0 bridgehead atoms. The molecule has 3 nitrogen and oxygen atoms in total. The van der Waals surface area contributed by atoms with Crippen LogP contribution < -0.4 is 0 Å². The lowest BCUT2D eigenvalue weighted by atomic mass is 9.86. The summed E-state index contributed by atoms with van der Waals surface area (Å²) < 4.78 is 2.29. The number of para-hydroxylation sites is 3. The summed E-state index contributed by atoms with van der Waals surface area (Å²) in [6, 6.07) is 63.2. The minimum absolute atomic E-state index is 0.943. The maximum absolute atomic E-state index is 5.42. The predicted molar refractivity (Wildman–Crippen MR) is 214 cm³/mol. The number of imidazole rings is 1. The lowest BCUT2D eigenvalue weighted by Crippen LogP contribution is -1.94. The molecule has 0 aliphatic heterocycles. The number of benzene rings is 8. The SMILES string of the molecule is c1cc(-c2ccc3c(c2)c2ccccc2n2c4ccccc4nc32)nc(-c2c3ccccc3c(-c3ccc4ccccc4c3)c3ccccc23)c1. The average molecular weight is 648 g/mol. The molecule has 0 unspecified atom stereocenters. The molecule has 3 heterocycles. The van der Waals surface area contributed by atoms with E-state index < -0.39 is 0 Å². The highest BCUT2D eigenvalue weighted by Gasteiger charge is 2.19. The van der Waals surface area contributed by atoms with Crippen LogP contribution in [-0.4, -0.2) is 14.4 Å². The number of hydrogen-bond acceptors (Lipinski definition) is 2. The first-order chi connectivity index (χ1) is 25.3. The average Bonchev–Trinajstić information content (AvgIpc) is 3.60. The van der Waals surface area contributed by atoms with E-state index in [1.807, 2.05) is 0 Å². The van der Waals surface area contributed by atoms with E-state index in [0.29, 0.717) is 0 Å². The van der Waals surface area contributed by atoms with E-state index in [9.17, 15) is 0 Å². The van der Waals surface area contributed by atoms with Crippen LogP contribution in [0.25, 0.3) is 104 Å². The maximum Gasteiger partial charge on any atom is 0.146 e. The van der Waals surface area contributed by atoms with Crippen molar-refractivity contribution in [3.63, 3.8) is 0 Å². The molecule has 0 aliphatic rings.